The zero-order valence-corrected chi connectivity index (χ0v) is 12.4. The second-order valence-corrected chi connectivity index (χ2v) is 7.06. The summed E-state index contributed by atoms with van der Waals surface area (Å²) in [4.78, 5) is 4.69. The molecule has 0 spiro atoms. The van der Waals surface area contributed by atoms with Crippen molar-refractivity contribution in [2.24, 2.45) is 5.41 Å². The summed E-state index contributed by atoms with van der Waals surface area (Å²) < 4.78 is 0. The van der Waals surface area contributed by atoms with Crippen LogP contribution in [0.3, 0.4) is 0 Å². The molecule has 0 aliphatic heterocycles. The van der Waals surface area contributed by atoms with Crippen LogP contribution in [0.25, 0.3) is 10.9 Å². The van der Waals surface area contributed by atoms with Gasteiger partial charge in [-0.25, -0.2) is 0 Å². The third-order valence-corrected chi connectivity index (χ3v) is 4.70. The maximum absolute atomic E-state index is 10.8. The fourth-order valence-corrected chi connectivity index (χ4v) is 3.11. The first-order chi connectivity index (χ1) is 9.46. The van der Waals surface area contributed by atoms with Crippen molar-refractivity contribution in [3.63, 3.8) is 0 Å². The third kappa shape index (κ3) is 2.85. The average molecular weight is 269 g/mol. The van der Waals surface area contributed by atoms with Crippen LogP contribution >= 0.6 is 0 Å². The Morgan fingerprint density at radius 1 is 1.00 bits per heavy atom. The number of fused-ring (bicyclic) bond motifs is 1. The molecule has 1 aromatic carbocycles. The molecule has 0 bridgehead atoms. The maximum Gasteiger partial charge on any atom is 0.0705 e. The van der Waals surface area contributed by atoms with Gasteiger partial charge in [-0.2, -0.15) is 0 Å². The molecule has 1 saturated carbocycles. The smallest absolute Gasteiger partial charge is 0.0705 e. The molecule has 0 atom stereocenters. The van der Waals surface area contributed by atoms with Gasteiger partial charge in [0.2, 0.25) is 0 Å². The van der Waals surface area contributed by atoms with Gasteiger partial charge >= 0.3 is 0 Å². The van der Waals surface area contributed by atoms with Crippen LogP contribution in [-0.4, -0.2) is 15.7 Å². The summed E-state index contributed by atoms with van der Waals surface area (Å²) in [5, 5.41) is 11.9. The van der Waals surface area contributed by atoms with Crippen LogP contribution in [0.2, 0.25) is 0 Å². The van der Waals surface area contributed by atoms with Crippen LogP contribution in [0, 0.1) is 5.41 Å². The molecule has 1 heterocycles. The van der Waals surface area contributed by atoms with Crippen LogP contribution in [0.5, 0.6) is 0 Å². The van der Waals surface area contributed by atoms with Crippen molar-refractivity contribution in [1.29, 1.82) is 0 Å². The van der Waals surface area contributed by atoms with E-state index < -0.39 is 5.60 Å². The van der Waals surface area contributed by atoms with Crippen LogP contribution in [-0.2, 0) is 6.42 Å². The summed E-state index contributed by atoms with van der Waals surface area (Å²) in [5.74, 6) is 0. The minimum Gasteiger partial charge on any atom is -0.389 e. The van der Waals surface area contributed by atoms with Crippen molar-refractivity contribution in [1.82, 2.24) is 4.98 Å². The molecule has 1 aromatic heterocycles. The van der Waals surface area contributed by atoms with Crippen LogP contribution in [0.15, 0.2) is 36.4 Å². The van der Waals surface area contributed by atoms with Crippen LogP contribution < -0.4 is 0 Å². The molecule has 2 nitrogen and oxygen atoms in total. The fourth-order valence-electron chi connectivity index (χ4n) is 3.11. The van der Waals surface area contributed by atoms with Gasteiger partial charge in [0.05, 0.1) is 11.1 Å². The molecule has 0 amide bonds. The Hall–Kier alpha value is -1.41. The van der Waals surface area contributed by atoms with Crippen molar-refractivity contribution in [2.75, 3.05) is 0 Å². The van der Waals surface area contributed by atoms with Crippen LogP contribution in [0.4, 0.5) is 0 Å². The molecule has 1 fully saturated rings. The SMILES string of the molecule is CC1(C)CCC(O)(Cc2ccc3ccccc3n2)CC1. The number of pyridine rings is 1. The van der Waals surface area contributed by atoms with E-state index in [0.717, 1.165) is 42.3 Å². The van der Waals surface area contributed by atoms with Crippen LogP contribution in [0.1, 0.15) is 45.2 Å². The first-order valence-electron chi connectivity index (χ1n) is 7.53. The quantitative estimate of drug-likeness (QED) is 0.890. The highest BCUT2D eigenvalue weighted by molar-refractivity contribution is 5.78. The Morgan fingerprint density at radius 3 is 2.45 bits per heavy atom. The molecule has 1 aliphatic carbocycles. The molecular formula is C18H23NO. The highest BCUT2D eigenvalue weighted by Crippen LogP contribution is 2.41. The van der Waals surface area contributed by atoms with Crippen molar-refractivity contribution < 1.29 is 5.11 Å². The molecule has 1 N–H and O–H groups in total. The van der Waals surface area contributed by atoms with Crippen molar-refractivity contribution in [3.05, 3.63) is 42.1 Å². The highest BCUT2D eigenvalue weighted by Gasteiger charge is 2.36. The maximum atomic E-state index is 10.8. The molecule has 20 heavy (non-hydrogen) atoms. The molecule has 1 aliphatic rings. The Balaban J connectivity index is 1.79. The molecule has 106 valence electrons. The van der Waals surface area contributed by atoms with Gasteiger partial charge in [-0.3, -0.25) is 4.98 Å². The summed E-state index contributed by atoms with van der Waals surface area (Å²) in [6, 6.07) is 12.3. The minimum absolute atomic E-state index is 0.378. The predicted molar refractivity (Wildman–Crippen MR) is 82.6 cm³/mol. The van der Waals surface area contributed by atoms with E-state index in [1.165, 1.54) is 0 Å². The Kier molecular flexibility index (Phi) is 3.29. The van der Waals surface area contributed by atoms with Gasteiger partial charge in [0.25, 0.3) is 0 Å². The normalized spacial score (nSPS) is 20.9. The zero-order chi connectivity index (χ0) is 14.2. The van der Waals surface area contributed by atoms with Gasteiger partial charge in [-0.1, -0.05) is 38.1 Å². The summed E-state index contributed by atoms with van der Waals surface area (Å²) in [7, 11) is 0. The second-order valence-electron chi connectivity index (χ2n) is 7.06. The van der Waals surface area contributed by atoms with E-state index in [1.807, 2.05) is 18.2 Å². The minimum atomic E-state index is -0.565. The number of benzene rings is 1. The lowest BCUT2D eigenvalue weighted by Crippen LogP contribution is -2.38. The number of aliphatic hydroxyl groups is 1. The summed E-state index contributed by atoms with van der Waals surface area (Å²) in [6.07, 6.45) is 4.63. The first kappa shape index (κ1) is 13.6. The van der Waals surface area contributed by atoms with E-state index in [-0.39, 0.29) is 0 Å². The lowest BCUT2D eigenvalue weighted by molar-refractivity contribution is -0.0257. The van der Waals surface area contributed by atoms with E-state index >= 15 is 0 Å². The number of rotatable bonds is 2. The van der Waals surface area contributed by atoms with Gasteiger partial charge < -0.3 is 5.11 Å². The van der Waals surface area contributed by atoms with E-state index in [0.29, 0.717) is 11.8 Å². The molecule has 2 aromatic rings. The van der Waals surface area contributed by atoms with Gasteiger partial charge in [0.15, 0.2) is 0 Å². The van der Waals surface area contributed by atoms with E-state index in [9.17, 15) is 5.11 Å². The molecule has 0 saturated heterocycles. The van der Waals surface area contributed by atoms with Crippen molar-refractivity contribution >= 4 is 10.9 Å². The number of hydrogen-bond acceptors (Lipinski definition) is 2. The number of hydrogen-bond donors (Lipinski definition) is 1. The molecule has 2 heteroatoms. The Labute approximate surface area is 120 Å². The fraction of sp³-hybridized carbons (Fsp3) is 0.500. The number of aromatic nitrogens is 1. The topological polar surface area (TPSA) is 33.1 Å². The largest absolute Gasteiger partial charge is 0.389 e. The second kappa shape index (κ2) is 4.85. The highest BCUT2D eigenvalue weighted by atomic mass is 16.3. The molecule has 3 rings (SSSR count). The summed E-state index contributed by atoms with van der Waals surface area (Å²) in [5.41, 5.74) is 1.84. The van der Waals surface area contributed by atoms with Gasteiger partial charge in [-0.05, 0) is 43.2 Å². The van der Waals surface area contributed by atoms with E-state index in [2.05, 4.69) is 32.0 Å². The van der Waals surface area contributed by atoms with Gasteiger partial charge in [-0.15, -0.1) is 0 Å². The lowest BCUT2D eigenvalue weighted by atomic mass is 9.69. The molecule has 0 unspecified atom stereocenters. The first-order valence-corrected chi connectivity index (χ1v) is 7.53. The van der Waals surface area contributed by atoms with Gasteiger partial charge in [0, 0.05) is 17.5 Å². The molecular weight excluding hydrogens is 246 g/mol. The van der Waals surface area contributed by atoms with Crippen molar-refractivity contribution in [3.8, 4) is 0 Å². The lowest BCUT2D eigenvalue weighted by Gasteiger charge is -2.40. The third-order valence-electron chi connectivity index (χ3n) is 4.70. The average Bonchev–Trinajstić information content (AvgIpc) is 2.43. The Bertz CT molecular complexity index is 608. The summed E-state index contributed by atoms with van der Waals surface area (Å²) in [6.45, 7) is 4.59. The number of para-hydroxylation sites is 1. The van der Waals surface area contributed by atoms with Gasteiger partial charge in [0.1, 0.15) is 0 Å². The number of nitrogens with zero attached hydrogens (tertiary/aromatic N) is 1. The van der Waals surface area contributed by atoms with E-state index in [4.69, 9.17) is 4.98 Å². The van der Waals surface area contributed by atoms with E-state index in [1.54, 1.807) is 0 Å². The van der Waals surface area contributed by atoms with Crippen molar-refractivity contribution in [2.45, 2.75) is 51.6 Å². The zero-order valence-electron chi connectivity index (χ0n) is 12.4. The summed E-state index contributed by atoms with van der Waals surface area (Å²) >= 11 is 0. The Morgan fingerprint density at radius 2 is 1.70 bits per heavy atom. The standard InChI is InChI=1S/C18H23NO/c1-17(2)9-11-18(20,12-10-17)13-15-8-7-14-5-3-4-6-16(14)19-15/h3-8,20H,9-13H2,1-2H3. The molecule has 0 radical (unpaired) electrons. The predicted octanol–water partition coefficient (Wildman–Crippen LogP) is 4.11. The monoisotopic (exact) mass is 269 g/mol.